The Bertz CT molecular complexity index is 297. The molecule has 3 heteroatoms. The summed E-state index contributed by atoms with van der Waals surface area (Å²) >= 11 is 3.16. The third-order valence-electron chi connectivity index (χ3n) is 1.70. The fourth-order valence-corrected chi connectivity index (χ4v) is 1.29. The van der Waals surface area contributed by atoms with Crippen LogP contribution in [0.1, 0.15) is 23.7 Å². The Kier molecular flexibility index (Phi) is 3.96. The largest absolute Gasteiger partial charge is 0.482 e. The maximum absolute atomic E-state index is 11.3. The van der Waals surface area contributed by atoms with Gasteiger partial charge in [0.25, 0.3) is 0 Å². The van der Waals surface area contributed by atoms with Gasteiger partial charge in [-0.1, -0.05) is 19.1 Å². The van der Waals surface area contributed by atoms with Crippen LogP contribution >= 0.6 is 15.9 Å². The average molecular weight is 243 g/mol. The van der Waals surface area contributed by atoms with E-state index in [1.807, 2.05) is 19.1 Å². The van der Waals surface area contributed by atoms with Gasteiger partial charge in [-0.3, -0.25) is 4.79 Å². The molecule has 0 N–H and O–H groups in total. The van der Waals surface area contributed by atoms with Crippen molar-refractivity contribution in [1.29, 1.82) is 0 Å². The first-order chi connectivity index (χ1) is 6.27. The molecule has 0 amide bonds. The van der Waals surface area contributed by atoms with E-state index in [1.165, 1.54) is 0 Å². The third-order valence-corrected chi connectivity index (χ3v) is 1.93. The maximum Gasteiger partial charge on any atom is 0.162 e. The number of carbonyl (C=O) groups excluding carboxylic acids is 1. The molecule has 0 heterocycles. The van der Waals surface area contributed by atoms with Gasteiger partial charge < -0.3 is 4.74 Å². The summed E-state index contributed by atoms with van der Waals surface area (Å²) in [6.45, 7) is 1.85. The lowest BCUT2D eigenvalue weighted by Gasteiger charge is -2.03. The molecule has 1 aromatic carbocycles. The number of hydrogen-bond donors (Lipinski definition) is 0. The SMILES string of the molecule is CCC(=O)c1cccc(OCBr)c1. The zero-order valence-corrected chi connectivity index (χ0v) is 9.00. The Morgan fingerprint density at radius 1 is 1.54 bits per heavy atom. The number of alkyl halides is 1. The van der Waals surface area contributed by atoms with Gasteiger partial charge in [-0.15, -0.1) is 0 Å². The van der Waals surface area contributed by atoms with Gasteiger partial charge in [0.05, 0.1) is 0 Å². The number of Topliss-reactive ketones (excluding diaryl/α,β-unsaturated/α-hetero) is 1. The standard InChI is InChI=1S/C10H11BrO2/c1-2-10(12)8-4-3-5-9(6-8)13-7-11/h3-6H,2,7H2,1H3. The highest BCUT2D eigenvalue weighted by atomic mass is 79.9. The minimum atomic E-state index is 0.139. The summed E-state index contributed by atoms with van der Waals surface area (Å²) in [6, 6.07) is 7.20. The highest BCUT2D eigenvalue weighted by molar-refractivity contribution is 9.09. The van der Waals surface area contributed by atoms with Crippen molar-refractivity contribution in [3.05, 3.63) is 29.8 Å². The molecule has 0 aromatic heterocycles. The quantitative estimate of drug-likeness (QED) is 0.600. The van der Waals surface area contributed by atoms with E-state index in [9.17, 15) is 4.79 Å². The Hall–Kier alpha value is -0.830. The molecule has 0 saturated heterocycles. The van der Waals surface area contributed by atoms with Crippen LogP contribution in [-0.2, 0) is 0 Å². The second kappa shape index (κ2) is 5.02. The number of hydrogen-bond acceptors (Lipinski definition) is 2. The molecule has 0 radical (unpaired) electrons. The van der Waals surface area contributed by atoms with Crippen molar-refractivity contribution in [2.45, 2.75) is 13.3 Å². The number of carbonyl (C=O) groups is 1. The minimum absolute atomic E-state index is 0.139. The van der Waals surface area contributed by atoms with Crippen molar-refractivity contribution >= 4 is 21.7 Å². The van der Waals surface area contributed by atoms with Gasteiger partial charge in [0.1, 0.15) is 11.3 Å². The Morgan fingerprint density at radius 2 is 2.31 bits per heavy atom. The van der Waals surface area contributed by atoms with Crippen LogP contribution in [0.15, 0.2) is 24.3 Å². The highest BCUT2D eigenvalue weighted by Gasteiger charge is 2.03. The van der Waals surface area contributed by atoms with E-state index < -0.39 is 0 Å². The number of ether oxygens (including phenoxy) is 1. The summed E-state index contributed by atoms with van der Waals surface area (Å²) < 4.78 is 5.21. The summed E-state index contributed by atoms with van der Waals surface area (Å²) in [5.41, 5.74) is 1.15. The Morgan fingerprint density at radius 3 is 2.92 bits per heavy atom. The lowest BCUT2D eigenvalue weighted by molar-refractivity contribution is 0.0988. The molecule has 0 saturated carbocycles. The van der Waals surface area contributed by atoms with E-state index in [0.717, 1.165) is 5.75 Å². The molecule has 2 nitrogen and oxygen atoms in total. The van der Waals surface area contributed by atoms with Gasteiger partial charge in [-0.25, -0.2) is 0 Å². The first kappa shape index (κ1) is 10.3. The fraction of sp³-hybridized carbons (Fsp3) is 0.300. The molecule has 0 aliphatic heterocycles. The van der Waals surface area contributed by atoms with Crippen LogP contribution in [0.3, 0.4) is 0 Å². The van der Waals surface area contributed by atoms with Gasteiger partial charge in [-0.05, 0) is 28.1 Å². The average Bonchev–Trinajstić information content (AvgIpc) is 2.18. The first-order valence-corrected chi connectivity index (χ1v) is 5.22. The fourth-order valence-electron chi connectivity index (χ4n) is 1.03. The summed E-state index contributed by atoms with van der Waals surface area (Å²) in [5.74, 6) is 0.858. The van der Waals surface area contributed by atoms with E-state index in [4.69, 9.17) is 4.74 Å². The molecule has 70 valence electrons. The van der Waals surface area contributed by atoms with E-state index in [0.29, 0.717) is 17.5 Å². The highest BCUT2D eigenvalue weighted by Crippen LogP contribution is 2.15. The van der Waals surface area contributed by atoms with Crippen LogP contribution in [0, 0.1) is 0 Å². The van der Waals surface area contributed by atoms with E-state index in [1.54, 1.807) is 12.1 Å². The molecule has 0 spiro atoms. The lowest BCUT2D eigenvalue weighted by Crippen LogP contribution is -1.97. The summed E-state index contributed by atoms with van der Waals surface area (Å²) in [6.07, 6.45) is 0.526. The zero-order chi connectivity index (χ0) is 9.68. The van der Waals surface area contributed by atoms with Crippen molar-refractivity contribution in [3.8, 4) is 5.75 Å². The van der Waals surface area contributed by atoms with Gasteiger partial charge in [0, 0.05) is 12.0 Å². The van der Waals surface area contributed by atoms with Gasteiger partial charge in [-0.2, -0.15) is 0 Å². The predicted octanol–water partition coefficient (Wildman–Crippen LogP) is 3.01. The van der Waals surface area contributed by atoms with Crippen LogP contribution in [-0.4, -0.2) is 11.3 Å². The Balaban J connectivity index is 2.85. The molecular weight excluding hydrogens is 232 g/mol. The van der Waals surface area contributed by atoms with Gasteiger partial charge in [0.2, 0.25) is 0 Å². The predicted molar refractivity (Wildman–Crippen MR) is 55.5 cm³/mol. The zero-order valence-electron chi connectivity index (χ0n) is 7.42. The number of benzene rings is 1. The molecule has 0 fully saturated rings. The maximum atomic E-state index is 11.3. The van der Waals surface area contributed by atoms with E-state index in [-0.39, 0.29) is 5.78 Å². The number of halogens is 1. The topological polar surface area (TPSA) is 26.3 Å². The molecule has 1 rings (SSSR count). The molecule has 0 aliphatic rings. The van der Waals surface area contributed by atoms with E-state index in [2.05, 4.69) is 15.9 Å². The van der Waals surface area contributed by atoms with Crippen LogP contribution < -0.4 is 4.74 Å². The molecule has 1 aromatic rings. The Labute approximate surface area is 86.0 Å². The lowest BCUT2D eigenvalue weighted by atomic mass is 10.1. The smallest absolute Gasteiger partial charge is 0.162 e. The van der Waals surface area contributed by atoms with Crippen molar-refractivity contribution in [3.63, 3.8) is 0 Å². The van der Waals surface area contributed by atoms with Gasteiger partial charge >= 0.3 is 0 Å². The third kappa shape index (κ3) is 2.84. The molecule has 13 heavy (non-hydrogen) atoms. The van der Waals surface area contributed by atoms with Gasteiger partial charge in [0.15, 0.2) is 5.78 Å². The second-order valence-corrected chi connectivity index (χ2v) is 3.02. The van der Waals surface area contributed by atoms with E-state index >= 15 is 0 Å². The van der Waals surface area contributed by atoms with Crippen molar-refractivity contribution < 1.29 is 9.53 Å². The first-order valence-electron chi connectivity index (χ1n) is 4.10. The van der Waals surface area contributed by atoms with Crippen LogP contribution in [0.25, 0.3) is 0 Å². The molecule has 0 aliphatic carbocycles. The van der Waals surface area contributed by atoms with Crippen molar-refractivity contribution in [2.24, 2.45) is 0 Å². The molecule has 0 atom stereocenters. The molecule has 0 bridgehead atoms. The van der Waals surface area contributed by atoms with Crippen molar-refractivity contribution in [2.75, 3.05) is 5.52 Å². The summed E-state index contributed by atoms with van der Waals surface area (Å²) in [4.78, 5) is 11.3. The number of rotatable bonds is 4. The summed E-state index contributed by atoms with van der Waals surface area (Å²) in [7, 11) is 0. The molecule has 0 unspecified atom stereocenters. The van der Waals surface area contributed by atoms with Crippen LogP contribution in [0.4, 0.5) is 0 Å². The minimum Gasteiger partial charge on any atom is -0.482 e. The number of ketones is 1. The van der Waals surface area contributed by atoms with Crippen molar-refractivity contribution in [1.82, 2.24) is 0 Å². The van der Waals surface area contributed by atoms with Crippen LogP contribution in [0.2, 0.25) is 0 Å². The van der Waals surface area contributed by atoms with Crippen LogP contribution in [0.5, 0.6) is 5.75 Å². The second-order valence-electron chi connectivity index (χ2n) is 2.56. The monoisotopic (exact) mass is 242 g/mol. The summed E-state index contributed by atoms with van der Waals surface area (Å²) in [5, 5.41) is 0. The normalized spacial score (nSPS) is 9.69. The molecular formula is C10H11BrO2.